The summed E-state index contributed by atoms with van der Waals surface area (Å²) in [5, 5.41) is 3.03. The van der Waals surface area contributed by atoms with Gasteiger partial charge in [-0.2, -0.15) is 0 Å². The Bertz CT molecular complexity index is 1420. The van der Waals surface area contributed by atoms with E-state index in [-0.39, 0.29) is 12.3 Å². The van der Waals surface area contributed by atoms with E-state index in [1.807, 2.05) is 133 Å². The standard InChI is InChI=1S/C35H30N2O2/c36-33(38)32(25-26-21-23-28(24-22-26)27-13-5-1-6-14-27)37-34(39)35(29-15-7-2-8-16-29,30-17-9-3-10-18-30)31-19-11-4-12-20-31/h1-24,32H,25H2,(H2,36,38)(H,37,39)/t32-/m1/s1. The molecule has 5 aromatic carbocycles. The average Bonchev–Trinajstić information content (AvgIpc) is 3.00. The van der Waals surface area contributed by atoms with Crippen LogP contribution in [0.4, 0.5) is 0 Å². The summed E-state index contributed by atoms with van der Waals surface area (Å²) in [6.07, 6.45) is 0.282. The van der Waals surface area contributed by atoms with Gasteiger partial charge in [0.05, 0.1) is 0 Å². The van der Waals surface area contributed by atoms with Crippen molar-refractivity contribution >= 4 is 11.8 Å². The molecule has 0 aliphatic carbocycles. The van der Waals surface area contributed by atoms with Crippen molar-refractivity contribution in [1.82, 2.24) is 5.32 Å². The quantitative estimate of drug-likeness (QED) is 0.242. The first kappa shape index (κ1) is 25.7. The smallest absolute Gasteiger partial charge is 0.240 e. The first-order valence-corrected chi connectivity index (χ1v) is 13.0. The van der Waals surface area contributed by atoms with E-state index >= 15 is 0 Å². The highest BCUT2D eigenvalue weighted by Gasteiger charge is 2.44. The van der Waals surface area contributed by atoms with Gasteiger partial charge >= 0.3 is 0 Å². The molecule has 4 nitrogen and oxygen atoms in total. The SMILES string of the molecule is NC(=O)[C@@H](Cc1ccc(-c2ccccc2)cc1)NC(=O)C(c1ccccc1)(c1ccccc1)c1ccccc1. The summed E-state index contributed by atoms with van der Waals surface area (Å²) in [6.45, 7) is 0. The monoisotopic (exact) mass is 510 g/mol. The lowest BCUT2D eigenvalue weighted by molar-refractivity contribution is -0.129. The zero-order chi connectivity index (χ0) is 27.1. The van der Waals surface area contributed by atoms with E-state index in [9.17, 15) is 9.59 Å². The van der Waals surface area contributed by atoms with Crippen LogP contribution in [0.3, 0.4) is 0 Å². The summed E-state index contributed by atoms with van der Waals surface area (Å²) >= 11 is 0. The van der Waals surface area contributed by atoms with Crippen LogP contribution in [0.1, 0.15) is 22.3 Å². The lowest BCUT2D eigenvalue weighted by atomic mass is 9.68. The Morgan fingerprint density at radius 1 is 0.564 bits per heavy atom. The highest BCUT2D eigenvalue weighted by Crippen LogP contribution is 2.39. The number of benzene rings is 5. The van der Waals surface area contributed by atoms with E-state index in [0.717, 1.165) is 33.4 Å². The normalized spacial score (nSPS) is 11.9. The van der Waals surface area contributed by atoms with Gasteiger partial charge in [0.2, 0.25) is 11.8 Å². The second-order valence-corrected chi connectivity index (χ2v) is 9.54. The molecule has 4 heteroatoms. The maximum absolute atomic E-state index is 14.5. The molecule has 0 saturated heterocycles. The fraction of sp³-hybridized carbons (Fsp3) is 0.0857. The first-order valence-electron chi connectivity index (χ1n) is 13.0. The van der Waals surface area contributed by atoms with E-state index in [0.29, 0.717) is 0 Å². The van der Waals surface area contributed by atoms with Gasteiger partial charge in [-0.15, -0.1) is 0 Å². The number of rotatable bonds is 9. The van der Waals surface area contributed by atoms with Crippen molar-refractivity contribution in [2.45, 2.75) is 17.9 Å². The van der Waals surface area contributed by atoms with Gasteiger partial charge in [0.25, 0.3) is 0 Å². The number of carbonyl (C=O) groups excluding carboxylic acids is 2. The van der Waals surface area contributed by atoms with Crippen LogP contribution in [-0.4, -0.2) is 17.9 Å². The molecule has 0 heterocycles. The van der Waals surface area contributed by atoms with Crippen LogP contribution in [-0.2, 0) is 21.4 Å². The van der Waals surface area contributed by atoms with Gasteiger partial charge in [0.15, 0.2) is 0 Å². The van der Waals surface area contributed by atoms with Gasteiger partial charge in [-0.3, -0.25) is 9.59 Å². The lowest BCUT2D eigenvalue weighted by Gasteiger charge is -2.35. The number of nitrogens with two attached hydrogens (primary N) is 1. The Morgan fingerprint density at radius 3 is 1.36 bits per heavy atom. The van der Waals surface area contributed by atoms with Gasteiger partial charge in [-0.05, 0) is 33.4 Å². The highest BCUT2D eigenvalue weighted by molar-refractivity contribution is 5.98. The molecule has 0 radical (unpaired) electrons. The van der Waals surface area contributed by atoms with Crippen LogP contribution in [0.5, 0.6) is 0 Å². The molecule has 5 rings (SSSR count). The van der Waals surface area contributed by atoms with Crippen molar-refractivity contribution in [3.63, 3.8) is 0 Å². The Kier molecular flexibility index (Phi) is 7.65. The van der Waals surface area contributed by atoms with Crippen molar-refractivity contribution in [3.05, 3.63) is 168 Å². The van der Waals surface area contributed by atoms with Crippen LogP contribution >= 0.6 is 0 Å². The van der Waals surface area contributed by atoms with Gasteiger partial charge in [0, 0.05) is 6.42 Å². The van der Waals surface area contributed by atoms with E-state index < -0.39 is 17.4 Å². The van der Waals surface area contributed by atoms with Crippen molar-refractivity contribution < 1.29 is 9.59 Å². The maximum Gasteiger partial charge on any atom is 0.240 e. The summed E-state index contributed by atoms with van der Waals surface area (Å²) in [6, 6.07) is 46.2. The van der Waals surface area contributed by atoms with Crippen LogP contribution in [0.25, 0.3) is 11.1 Å². The molecule has 0 aliphatic heterocycles. The minimum Gasteiger partial charge on any atom is -0.368 e. The largest absolute Gasteiger partial charge is 0.368 e. The molecule has 5 aromatic rings. The second-order valence-electron chi connectivity index (χ2n) is 9.54. The zero-order valence-electron chi connectivity index (χ0n) is 21.5. The summed E-state index contributed by atoms with van der Waals surface area (Å²) in [4.78, 5) is 27.2. The molecule has 0 saturated carbocycles. The van der Waals surface area contributed by atoms with Crippen LogP contribution in [0.15, 0.2) is 146 Å². The van der Waals surface area contributed by atoms with Crippen LogP contribution in [0.2, 0.25) is 0 Å². The number of carbonyl (C=O) groups is 2. The third kappa shape index (κ3) is 5.36. The molecule has 3 N–H and O–H groups in total. The lowest BCUT2D eigenvalue weighted by Crippen LogP contribution is -2.54. The van der Waals surface area contributed by atoms with Crippen molar-refractivity contribution in [2.24, 2.45) is 5.73 Å². The molecule has 39 heavy (non-hydrogen) atoms. The minimum atomic E-state index is -1.19. The van der Waals surface area contributed by atoms with Gasteiger partial charge < -0.3 is 11.1 Å². The number of amides is 2. The van der Waals surface area contributed by atoms with Gasteiger partial charge in [-0.25, -0.2) is 0 Å². The molecule has 0 bridgehead atoms. The minimum absolute atomic E-state index is 0.282. The Balaban J connectivity index is 1.52. The molecule has 192 valence electrons. The van der Waals surface area contributed by atoms with E-state index in [1.165, 1.54) is 0 Å². The van der Waals surface area contributed by atoms with Crippen LogP contribution in [0, 0.1) is 0 Å². The summed E-state index contributed by atoms with van der Waals surface area (Å²) in [7, 11) is 0. The number of hydrogen-bond donors (Lipinski definition) is 2. The third-order valence-electron chi connectivity index (χ3n) is 7.11. The predicted octanol–water partition coefficient (Wildman–Crippen LogP) is 5.90. The molecule has 0 unspecified atom stereocenters. The third-order valence-corrected chi connectivity index (χ3v) is 7.11. The van der Waals surface area contributed by atoms with Crippen molar-refractivity contribution in [3.8, 4) is 11.1 Å². The number of nitrogens with one attached hydrogen (secondary N) is 1. The molecule has 1 atom stereocenters. The second kappa shape index (κ2) is 11.6. The summed E-state index contributed by atoms with van der Waals surface area (Å²) in [5.74, 6) is -0.894. The molecular formula is C35H30N2O2. The maximum atomic E-state index is 14.5. The summed E-state index contributed by atoms with van der Waals surface area (Å²) in [5.41, 5.74) is 10.2. The van der Waals surface area contributed by atoms with Gasteiger partial charge in [-0.1, -0.05) is 146 Å². The Morgan fingerprint density at radius 2 is 0.949 bits per heavy atom. The molecule has 0 spiro atoms. The highest BCUT2D eigenvalue weighted by atomic mass is 16.2. The molecule has 0 aromatic heterocycles. The van der Waals surface area contributed by atoms with Crippen molar-refractivity contribution in [1.29, 1.82) is 0 Å². The number of hydrogen-bond acceptors (Lipinski definition) is 2. The Hall–Kier alpha value is -4.96. The van der Waals surface area contributed by atoms with E-state index in [2.05, 4.69) is 17.4 Å². The van der Waals surface area contributed by atoms with Crippen LogP contribution < -0.4 is 11.1 Å². The van der Waals surface area contributed by atoms with Crippen molar-refractivity contribution in [2.75, 3.05) is 0 Å². The molecular weight excluding hydrogens is 480 g/mol. The average molecular weight is 511 g/mol. The number of primary amides is 1. The van der Waals surface area contributed by atoms with E-state index in [4.69, 9.17) is 5.73 Å². The fourth-order valence-electron chi connectivity index (χ4n) is 5.15. The van der Waals surface area contributed by atoms with Gasteiger partial charge in [0.1, 0.15) is 11.5 Å². The molecule has 0 aliphatic rings. The fourth-order valence-corrected chi connectivity index (χ4v) is 5.15. The topological polar surface area (TPSA) is 72.2 Å². The summed E-state index contributed by atoms with van der Waals surface area (Å²) < 4.78 is 0. The van der Waals surface area contributed by atoms with E-state index in [1.54, 1.807) is 0 Å². The molecule has 2 amide bonds. The predicted molar refractivity (Wildman–Crippen MR) is 156 cm³/mol. The first-order chi connectivity index (χ1) is 19.1. The zero-order valence-corrected chi connectivity index (χ0v) is 21.5. The molecule has 0 fully saturated rings. The Labute approximate surface area is 229 Å².